The maximum atomic E-state index is 13.4. The first kappa shape index (κ1) is 24.7. The van der Waals surface area contributed by atoms with E-state index < -0.39 is 16.8 Å². The van der Waals surface area contributed by atoms with E-state index in [1.54, 1.807) is 17.0 Å². The number of allylic oxidation sites excluding steroid dienone is 3. The number of carbonyl (C=O) groups excluding carboxylic acids is 2. The zero-order valence-corrected chi connectivity index (χ0v) is 21.2. The summed E-state index contributed by atoms with van der Waals surface area (Å²) in [5.41, 5.74) is 9.97. The third-order valence-corrected chi connectivity index (χ3v) is 8.62. The Hall–Kier alpha value is -3.97. The summed E-state index contributed by atoms with van der Waals surface area (Å²) >= 11 is 1.48. The molecule has 1 aromatic heterocycles. The Kier molecular flexibility index (Phi) is 6.56. The van der Waals surface area contributed by atoms with Crippen LogP contribution in [0.25, 0.3) is 0 Å². The van der Waals surface area contributed by atoms with Gasteiger partial charge in [-0.1, -0.05) is 18.6 Å². The first-order valence-electron chi connectivity index (χ1n) is 12.3. The normalized spacial score (nSPS) is 19.6. The highest BCUT2D eigenvalue weighted by Crippen LogP contribution is 2.50. The molecule has 0 unspecified atom stereocenters. The predicted octanol–water partition coefficient (Wildman–Crippen LogP) is 5.02. The predicted molar refractivity (Wildman–Crippen MR) is 138 cm³/mol. The minimum Gasteiger partial charge on any atom is -0.465 e. The number of hydrogen-bond acceptors (Lipinski definition) is 9. The summed E-state index contributed by atoms with van der Waals surface area (Å²) in [4.78, 5) is 40.0. The minimum atomic E-state index is -0.732. The number of thiophene rings is 1. The molecule has 10 heteroatoms. The molecule has 0 saturated heterocycles. The fourth-order valence-corrected chi connectivity index (χ4v) is 7.05. The largest absolute Gasteiger partial charge is 0.465 e. The number of benzene rings is 1. The van der Waals surface area contributed by atoms with E-state index in [1.165, 1.54) is 30.6 Å². The van der Waals surface area contributed by atoms with E-state index in [0.717, 1.165) is 42.5 Å². The van der Waals surface area contributed by atoms with Crippen LogP contribution in [0, 0.1) is 21.4 Å². The molecule has 9 nitrogen and oxygen atoms in total. The summed E-state index contributed by atoms with van der Waals surface area (Å²) < 4.78 is 5.18. The molecule has 0 amide bonds. The van der Waals surface area contributed by atoms with E-state index >= 15 is 0 Å². The number of carbonyl (C=O) groups is 2. The van der Waals surface area contributed by atoms with Crippen LogP contribution < -0.4 is 10.6 Å². The van der Waals surface area contributed by atoms with Crippen LogP contribution in [-0.2, 0) is 22.4 Å². The summed E-state index contributed by atoms with van der Waals surface area (Å²) in [7, 11) is 1.35. The lowest BCUT2D eigenvalue weighted by molar-refractivity contribution is -0.384. The van der Waals surface area contributed by atoms with Gasteiger partial charge in [0.15, 0.2) is 5.78 Å². The van der Waals surface area contributed by atoms with Crippen molar-refractivity contribution < 1.29 is 19.2 Å². The van der Waals surface area contributed by atoms with Gasteiger partial charge in [-0.2, -0.15) is 5.26 Å². The molecule has 0 spiro atoms. The number of hydrogen-bond donors (Lipinski definition) is 1. The molecule has 37 heavy (non-hydrogen) atoms. The van der Waals surface area contributed by atoms with Crippen LogP contribution >= 0.6 is 11.3 Å². The molecule has 2 aromatic rings. The van der Waals surface area contributed by atoms with Crippen LogP contribution in [-0.4, -0.2) is 23.8 Å². The molecule has 2 N–H and O–H groups in total. The Labute approximate surface area is 218 Å². The zero-order valence-electron chi connectivity index (χ0n) is 20.4. The molecule has 0 radical (unpaired) electrons. The molecule has 2 heterocycles. The van der Waals surface area contributed by atoms with Gasteiger partial charge < -0.3 is 10.5 Å². The lowest BCUT2D eigenvalue weighted by atomic mass is 9.75. The third kappa shape index (κ3) is 4.09. The zero-order chi connectivity index (χ0) is 26.3. The number of non-ortho nitro benzene ring substituents is 1. The van der Waals surface area contributed by atoms with Gasteiger partial charge in [0.05, 0.1) is 35.2 Å². The van der Waals surface area contributed by atoms with E-state index in [4.69, 9.17) is 10.5 Å². The lowest BCUT2D eigenvalue weighted by Gasteiger charge is -2.39. The maximum Gasteiger partial charge on any atom is 0.341 e. The van der Waals surface area contributed by atoms with Crippen LogP contribution in [0.5, 0.6) is 0 Å². The number of Topliss-reactive ketones (excluding diaryl/α,β-unsaturated/α-hetero) is 1. The van der Waals surface area contributed by atoms with Crippen molar-refractivity contribution in [3.05, 3.63) is 78.6 Å². The van der Waals surface area contributed by atoms with Crippen LogP contribution in [0.3, 0.4) is 0 Å². The monoisotopic (exact) mass is 518 g/mol. The highest BCUT2D eigenvalue weighted by molar-refractivity contribution is 7.16. The highest BCUT2D eigenvalue weighted by atomic mass is 32.1. The molecule has 1 atom stereocenters. The van der Waals surface area contributed by atoms with Crippen LogP contribution in [0.4, 0.5) is 10.7 Å². The number of methoxy groups -OCH3 is 1. The Balaban J connectivity index is 1.74. The number of aryl methyl sites for hydroxylation is 1. The van der Waals surface area contributed by atoms with Gasteiger partial charge in [-0.25, -0.2) is 4.79 Å². The number of fused-ring (bicyclic) bond motifs is 1. The first-order chi connectivity index (χ1) is 17.9. The summed E-state index contributed by atoms with van der Waals surface area (Å²) in [6.07, 6.45) is 6.19. The maximum absolute atomic E-state index is 13.4. The number of ether oxygens (including phenoxy) is 1. The summed E-state index contributed by atoms with van der Waals surface area (Å²) in [5, 5.41) is 22.0. The van der Waals surface area contributed by atoms with Gasteiger partial charge >= 0.3 is 5.97 Å². The van der Waals surface area contributed by atoms with Gasteiger partial charge in [0, 0.05) is 34.7 Å². The summed E-state index contributed by atoms with van der Waals surface area (Å²) in [5.74, 6) is -1.11. The van der Waals surface area contributed by atoms with Crippen molar-refractivity contribution in [3.63, 3.8) is 0 Å². The van der Waals surface area contributed by atoms with Gasteiger partial charge in [0.2, 0.25) is 0 Å². The van der Waals surface area contributed by atoms with Crippen LogP contribution in [0.2, 0.25) is 0 Å². The van der Waals surface area contributed by atoms with E-state index in [1.807, 2.05) is 0 Å². The fraction of sp³-hybridized carbons (Fsp3) is 0.370. The number of esters is 1. The quantitative estimate of drug-likeness (QED) is 0.258. The molecule has 3 aliphatic rings. The van der Waals surface area contributed by atoms with Crippen molar-refractivity contribution in [1.29, 1.82) is 5.26 Å². The number of ketones is 1. The Bertz CT molecular complexity index is 1410. The molecule has 190 valence electrons. The summed E-state index contributed by atoms with van der Waals surface area (Å²) in [6.45, 7) is 0. The van der Waals surface area contributed by atoms with Gasteiger partial charge in [-0.3, -0.25) is 19.8 Å². The number of nitriles is 1. The molecule has 0 saturated carbocycles. The van der Waals surface area contributed by atoms with Gasteiger partial charge in [0.1, 0.15) is 10.8 Å². The standard InChI is InChI=1S/C27H26N4O5S/c1-36-27(33)23-17-6-3-2-4-9-21(17)37-26(23)30-19-7-5-8-20(32)24(19)22(18(14-28)25(30)29)15-10-12-16(13-11-15)31(34)35/h10-13,22H,2-9,29H2,1H3/t22-/m1/s1. The number of nitrogens with two attached hydrogens (primary N) is 1. The third-order valence-electron chi connectivity index (χ3n) is 7.35. The van der Waals surface area contributed by atoms with E-state index in [-0.39, 0.29) is 22.9 Å². The Morgan fingerprint density at radius 1 is 1.16 bits per heavy atom. The van der Waals surface area contributed by atoms with E-state index in [9.17, 15) is 25.0 Å². The molecule has 5 rings (SSSR count). The molecule has 1 aliphatic heterocycles. The second-order valence-electron chi connectivity index (χ2n) is 9.40. The lowest BCUT2D eigenvalue weighted by Crippen LogP contribution is -2.39. The van der Waals surface area contributed by atoms with Gasteiger partial charge in [-0.05, 0) is 49.7 Å². The number of nitrogens with zero attached hydrogens (tertiary/aromatic N) is 3. The van der Waals surface area contributed by atoms with Crippen molar-refractivity contribution in [3.8, 4) is 6.07 Å². The average Bonchev–Trinajstić information content (AvgIpc) is 3.09. The molecule has 0 bridgehead atoms. The topological polar surface area (TPSA) is 140 Å². The SMILES string of the molecule is COC(=O)c1c(N2C(N)=C(C#N)[C@@H](c3ccc([N+](=O)[O-])cc3)C3=C2CCCC3=O)sc2c1CCCCC2. The van der Waals surface area contributed by atoms with Crippen molar-refractivity contribution in [1.82, 2.24) is 0 Å². The number of rotatable bonds is 4. The highest BCUT2D eigenvalue weighted by Gasteiger charge is 2.42. The summed E-state index contributed by atoms with van der Waals surface area (Å²) in [6, 6.07) is 8.09. The molecular formula is C27H26N4O5S. The second kappa shape index (κ2) is 9.82. The van der Waals surface area contributed by atoms with Crippen molar-refractivity contribution in [2.45, 2.75) is 57.3 Å². The number of anilines is 1. The van der Waals surface area contributed by atoms with Crippen molar-refractivity contribution in [2.24, 2.45) is 5.73 Å². The van der Waals surface area contributed by atoms with E-state index in [2.05, 4.69) is 6.07 Å². The Morgan fingerprint density at radius 2 is 1.89 bits per heavy atom. The molecule has 2 aliphatic carbocycles. The number of nitro benzene ring substituents is 1. The molecule has 1 aromatic carbocycles. The average molecular weight is 519 g/mol. The molecular weight excluding hydrogens is 492 g/mol. The van der Waals surface area contributed by atoms with E-state index in [0.29, 0.717) is 46.7 Å². The second-order valence-corrected chi connectivity index (χ2v) is 10.5. The minimum absolute atomic E-state index is 0.0800. The van der Waals surface area contributed by atoms with Crippen LogP contribution in [0.15, 0.2) is 46.9 Å². The van der Waals surface area contributed by atoms with Crippen LogP contribution in [0.1, 0.15) is 70.8 Å². The van der Waals surface area contributed by atoms with Crippen molar-refractivity contribution in [2.75, 3.05) is 12.0 Å². The fourth-order valence-electron chi connectivity index (χ4n) is 5.64. The number of nitro groups is 1. The van der Waals surface area contributed by atoms with Gasteiger partial charge in [0.25, 0.3) is 5.69 Å². The Morgan fingerprint density at radius 3 is 2.57 bits per heavy atom. The smallest absolute Gasteiger partial charge is 0.341 e. The first-order valence-corrected chi connectivity index (χ1v) is 13.1. The molecule has 0 fully saturated rings. The van der Waals surface area contributed by atoms with Crippen molar-refractivity contribution >= 4 is 33.8 Å². The van der Waals surface area contributed by atoms with Gasteiger partial charge in [-0.15, -0.1) is 11.3 Å².